The van der Waals surface area contributed by atoms with E-state index in [4.69, 9.17) is 0 Å². The highest BCUT2D eigenvalue weighted by atomic mass is 19.4. The smallest absolute Gasteiger partial charge is 0.324 e. The molecule has 0 saturated carbocycles. The Balaban J connectivity index is 1.85. The van der Waals surface area contributed by atoms with Crippen molar-refractivity contribution in [3.05, 3.63) is 45.9 Å². The normalized spacial score (nSPS) is 11.7. The molecule has 142 valence electrons. The van der Waals surface area contributed by atoms with Gasteiger partial charge in [0.25, 0.3) is 5.56 Å². The topological polar surface area (TPSA) is 94.7 Å². The minimum absolute atomic E-state index is 0.0358. The number of hydrogen-bond acceptors (Lipinski definition) is 5. The van der Waals surface area contributed by atoms with E-state index >= 15 is 0 Å². The van der Waals surface area contributed by atoms with Crippen LogP contribution in [0.25, 0.3) is 11.0 Å². The third-order valence-electron chi connectivity index (χ3n) is 3.85. The van der Waals surface area contributed by atoms with Crippen LogP contribution in [0, 0.1) is 6.92 Å². The van der Waals surface area contributed by atoms with Crippen LogP contribution in [-0.4, -0.2) is 30.7 Å². The zero-order valence-electron chi connectivity index (χ0n) is 14.4. The first-order chi connectivity index (χ1) is 12.7. The van der Waals surface area contributed by atoms with E-state index in [0.29, 0.717) is 17.8 Å². The number of hydrogen-bond donors (Lipinski definition) is 1. The summed E-state index contributed by atoms with van der Waals surface area (Å²) < 4.78 is 40.5. The molecule has 3 rings (SSSR count). The fourth-order valence-corrected chi connectivity index (χ4v) is 2.61. The van der Waals surface area contributed by atoms with Crippen LogP contribution in [0.3, 0.4) is 0 Å². The lowest BCUT2D eigenvalue weighted by Gasteiger charge is -2.10. The molecule has 27 heavy (non-hydrogen) atoms. The fourth-order valence-electron chi connectivity index (χ4n) is 2.61. The lowest BCUT2D eigenvalue weighted by Crippen LogP contribution is -2.31. The van der Waals surface area contributed by atoms with Crippen molar-refractivity contribution in [1.29, 1.82) is 0 Å². The third-order valence-corrected chi connectivity index (χ3v) is 3.85. The predicted molar refractivity (Wildman–Crippen MR) is 90.1 cm³/mol. The van der Waals surface area contributed by atoms with Crippen LogP contribution < -0.4 is 10.9 Å². The molecule has 0 spiro atoms. The van der Waals surface area contributed by atoms with E-state index in [9.17, 15) is 22.8 Å². The summed E-state index contributed by atoms with van der Waals surface area (Å²) in [7, 11) is 0. The molecule has 2 aromatic heterocycles. The van der Waals surface area contributed by atoms with Crippen molar-refractivity contribution in [3.63, 3.8) is 0 Å². The van der Waals surface area contributed by atoms with E-state index in [-0.39, 0.29) is 11.2 Å². The van der Waals surface area contributed by atoms with Crippen molar-refractivity contribution in [2.24, 2.45) is 0 Å². The molecular weight excluding hydrogens is 365 g/mol. The molecule has 8 nitrogen and oxygen atoms in total. The van der Waals surface area contributed by atoms with Crippen LogP contribution in [0.15, 0.2) is 29.1 Å². The minimum Gasteiger partial charge on any atom is -0.324 e. The number of nitrogens with zero attached hydrogens (tertiary/aromatic N) is 5. The number of fused-ring (bicyclic) bond motifs is 1. The fraction of sp³-hybridized carbons (Fsp3) is 0.312. The lowest BCUT2D eigenvalue weighted by atomic mass is 10.2. The van der Waals surface area contributed by atoms with Gasteiger partial charge in [-0.1, -0.05) is 11.3 Å². The van der Waals surface area contributed by atoms with Crippen LogP contribution in [-0.2, 0) is 24.1 Å². The maximum Gasteiger partial charge on any atom is 0.416 e. The molecule has 1 N–H and O–H groups in total. The minimum atomic E-state index is -4.52. The zero-order valence-corrected chi connectivity index (χ0v) is 14.4. The Morgan fingerprint density at radius 2 is 2.00 bits per heavy atom. The van der Waals surface area contributed by atoms with E-state index in [0.717, 1.165) is 16.8 Å². The summed E-state index contributed by atoms with van der Waals surface area (Å²) in [6.07, 6.45) is -4.52. The molecule has 0 aliphatic carbocycles. The number of carbonyl (C=O) groups is 1. The summed E-state index contributed by atoms with van der Waals surface area (Å²) in [4.78, 5) is 24.7. The van der Waals surface area contributed by atoms with Crippen LogP contribution in [0.1, 0.15) is 18.2 Å². The number of amides is 1. The summed E-state index contributed by atoms with van der Waals surface area (Å²) in [6, 6.07) is 4.21. The predicted octanol–water partition coefficient (Wildman–Crippen LogP) is 1.97. The molecule has 0 radical (unpaired) electrons. The Morgan fingerprint density at radius 1 is 1.26 bits per heavy atom. The summed E-state index contributed by atoms with van der Waals surface area (Å²) in [5.41, 5.74) is -0.376. The summed E-state index contributed by atoms with van der Waals surface area (Å²) in [5, 5.41) is 14.1. The van der Waals surface area contributed by atoms with Gasteiger partial charge in [0.2, 0.25) is 5.91 Å². The van der Waals surface area contributed by atoms with Crippen LogP contribution in [0.4, 0.5) is 18.9 Å². The number of aromatic nitrogens is 5. The van der Waals surface area contributed by atoms with Gasteiger partial charge in [-0.2, -0.15) is 23.0 Å². The van der Waals surface area contributed by atoms with Gasteiger partial charge in [-0.15, -0.1) is 5.10 Å². The number of benzene rings is 1. The van der Waals surface area contributed by atoms with Gasteiger partial charge in [-0.05, 0) is 32.0 Å². The summed E-state index contributed by atoms with van der Waals surface area (Å²) in [6.45, 7) is 3.43. The van der Waals surface area contributed by atoms with Gasteiger partial charge in [0.05, 0.1) is 11.3 Å². The number of rotatable bonds is 4. The SMILES string of the molecule is CCn1nc(C)c2nnn(CC(=O)Nc3cccc(C(F)(F)F)c3)c(=O)c21. The van der Waals surface area contributed by atoms with Crippen molar-refractivity contribution in [2.75, 3.05) is 5.32 Å². The molecule has 0 atom stereocenters. The molecule has 0 aliphatic rings. The van der Waals surface area contributed by atoms with E-state index in [1.165, 1.54) is 16.8 Å². The second-order valence-electron chi connectivity index (χ2n) is 5.78. The Labute approximate surface area is 150 Å². The average molecular weight is 380 g/mol. The maximum absolute atomic E-state index is 12.7. The number of nitrogens with one attached hydrogen (secondary N) is 1. The number of halogens is 3. The van der Waals surface area contributed by atoms with Gasteiger partial charge >= 0.3 is 6.18 Å². The molecule has 0 saturated heterocycles. The first kappa shape index (κ1) is 18.5. The van der Waals surface area contributed by atoms with Crippen molar-refractivity contribution >= 4 is 22.6 Å². The molecule has 0 aliphatic heterocycles. The Morgan fingerprint density at radius 3 is 2.67 bits per heavy atom. The van der Waals surface area contributed by atoms with Gasteiger partial charge in [-0.25, -0.2) is 0 Å². The largest absolute Gasteiger partial charge is 0.416 e. The van der Waals surface area contributed by atoms with E-state index in [2.05, 4.69) is 20.7 Å². The molecular formula is C16H15F3N6O2. The standard InChI is InChI=1S/C16H15F3N6O2/c1-3-24-14-13(9(2)22-24)21-23-25(15(14)27)8-12(26)20-11-6-4-5-10(7-11)16(17,18)19/h4-7H,3,8H2,1-2H3,(H,20,26). The first-order valence-corrected chi connectivity index (χ1v) is 7.98. The highest BCUT2D eigenvalue weighted by Crippen LogP contribution is 2.30. The second kappa shape index (κ2) is 6.82. The second-order valence-corrected chi connectivity index (χ2v) is 5.78. The van der Waals surface area contributed by atoms with Crippen molar-refractivity contribution in [1.82, 2.24) is 24.8 Å². The van der Waals surface area contributed by atoms with Gasteiger partial charge in [0.15, 0.2) is 5.52 Å². The molecule has 0 unspecified atom stereocenters. The van der Waals surface area contributed by atoms with Crippen molar-refractivity contribution < 1.29 is 18.0 Å². The molecule has 1 aromatic carbocycles. The monoisotopic (exact) mass is 380 g/mol. The van der Waals surface area contributed by atoms with Crippen molar-refractivity contribution in [2.45, 2.75) is 33.1 Å². The van der Waals surface area contributed by atoms with Gasteiger partial charge in [-0.3, -0.25) is 14.3 Å². The Kier molecular flexibility index (Phi) is 4.68. The Hall–Kier alpha value is -3.24. The summed E-state index contributed by atoms with van der Waals surface area (Å²) >= 11 is 0. The quantitative estimate of drug-likeness (QED) is 0.747. The average Bonchev–Trinajstić information content (AvgIpc) is 2.93. The highest BCUT2D eigenvalue weighted by Gasteiger charge is 2.30. The van der Waals surface area contributed by atoms with Gasteiger partial charge in [0, 0.05) is 12.2 Å². The van der Waals surface area contributed by atoms with Gasteiger partial charge < -0.3 is 5.32 Å². The van der Waals surface area contributed by atoms with Crippen LogP contribution in [0.5, 0.6) is 0 Å². The van der Waals surface area contributed by atoms with Crippen LogP contribution in [0.2, 0.25) is 0 Å². The number of anilines is 1. The third kappa shape index (κ3) is 3.66. The highest BCUT2D eigenvalue weighted by molar-refractivity contribution is 5.90. The number of alkyl halides is 3. The van der Waals surface area contributed by atoms with Crippen LogP contribution >= 0.6 is 0 Å². The molecule has 2 heterocycles. The molecule has 0 fully saturated rings. The molecule has 11 heteroatoms. The lowest BCUT2D eigenvalue weighted by molar-refractivity contribution is -0.137. The first-order valence-electron chi connectivity index (χ1n) is 7.98. The number of aryl methyl sites for hydroxylation is 2. The Bertz CT molecular complexity index is 1070. The molecule has 1 amide bonds. The van der Waals surface area contributed by atoms with Gasteiger partial charge in [0.1, 0.15) is 12.1 Å². The molecule has 3 aromatic rings. The van der Waals surface area contributed by atoms with E-state index < -0.39 is 29.8 Å². The van der Waals surface area contributed by atoms with E-state index in [1.54, 1.807) is 13.8 Å². The van der Waals surface area contributed by atoms with E-state index in [1.807, 2.05) is 0 Å². The number of carbonyl (C=O) groups excluding carboxylic acids is 1. The maximum atomic E-state index is 12.7. The van der Waals surface area contributed by atoms with Crippen molar-refractivity contribution in [3.8, 4) is 0 Å². The summed E-state index contributed by atoms with van der Waals surface area (Å²) in [5.74, 6) is -0.704. The zero-order chi connectivity index (χ0) is 19.8. The molecule has 0 bridgehead atoms.